The lowest BCUT2D eigenvalue weighted by Gasteiger charge is -2.35. The van der Waals surface area contributed by atoms with Gasteiger partial charge in [-0.1, -0.05) is 24.6 Å². The molecule has 2 heterocycles. The molecule has 2 saturated heterocycles. The number of aromatic hydroxyl groups is 1. The molecular weight excluding hydrogens is 441 g/mol. The second-order valence-corrected chi connectivity index (χ2v) is 9.75. The number of carbonyl (C=O) groups is 1. The minimum Gasteiger partial charge on any atom is -0.505 e. The van der Waals surface area contributed by atoms with Crippen molar-refractivity contribution in [3.63, 3.8) is 0 Å². The molecule has 1 N–H and O–H groups in total. The summed E-state index contributed by atoms with van der Waals surface area (Å²) in [5.74, 6) is -1.56. The molecule has 0 bridgehead atoms. The average molecular weight is 475 g/mol. The summed E-state index contributed by atoms with van der Waals surface area (Å²) in [5, 5.41) is 9.35. The van der Waals surface area contributed by atoms with E-state index in [2.05, 4.69) is 4.90 Å². The maximum absolute atomic E-state index is 14.8. The molecule has 0 radical (unpaired) electrons. The third kappa shape index (κ3) is 5.74. The van der Waals surface area contributed by atoms with Crippen LogP contribution in [0.25, 0.3) is 0 Å². The molecule has 1 unspecified atom stereocenters. The fourth-order valence-electron chi connectivity index (χ4n) is 5.21. The van der Waals surface area contributed by atoms with Gasteiger partial charge in [-0.25, -0.2) is 13.2 Å². The van der Waals surface area contributed by atoms with Crippen molar-refractivity contribution in [1.29, 1.82) is 0 Å². The smallest absolute Gasteiger partial charge is 0.226 e. The quantitative estimate of drug-likeness (QED) is 0.527. The zero-order valence-corrected chi connectivity index (χ0v) is 19.7. The van der Waals surface area contributed by atoms with Gasteiger partial charge in [-0.15, -0.1) is 0 Å². The third-order valence-corrected chi connectivity index (χ3v) is 7.32. The molecule has 2 fully saturated rings. The highest BCUT2D eigenvalue weighted by Crippen LogP contribution is 2.33. The molecule has 2 aliphatic rings. The number of benzene rings is 2. The van der Waals surface area contributed by atoms with Crippen LogP contribution in [-0.2, 0) is 11.3 Å². The Morgan fingerprint density at radius 1 is 1.03 bits per heavy atom. The maximum Gasteiger partial charge on any atom is 0.226 e. The van der Waals surface area contributed by atoms with Crippen LogP contribution in [0.5, 0.6) is 5.75 Å². The number of phenols is 1. The van der Waals surface area contributed by atoms with Gasteiger partial charge < -0.3 is 14.9 Å². The van der Waals surface area contributed by atoms with Crippen LogP contribution < -0.4 is 0 Å². The van der Waals surface area contributed by atoms with Gasteiger partial charge in [0, 0.05) is 31.5 Å². The molecule has 3 atom stereocenters. The van der Waals surface area contributed by atoms with E-state index < -0.39 is 17.7 Å². The van der Waals surface area contributed by atoms with E-state index in [9.17, 15) is 23.1 Å². The number of nitrogens with zero attached hydrogens (tertiary/aromatic N) is 2. The topological polar surface area (TPSA) is 43.8 Å². The van der Waals surface area contributed by atoms with Crippen LogP contribution in [0.2, 0.25) is 0 Å². The summed E-state index contributed by atoms with van der Waals surface area (Å²) in [7, 11) is 0. The van der Waals surface area contributed by atoms with Crippen molar-refractivity contribution in [2.45, 2.75) is 57.7 Å². The lowest BCUT2D eigenvalue weighted by molar-refractivity contribution is -0.131. The first kappa shape index (κ1) is 24.6. The molecule has 0 spiro atoms. The molecule has 0 saturated carbocycles. The Morgan fingerprint density at radius 3 is 2.59 bits per heavy atom. The molecule has 2 aliphatic heterocycles. The highest BCUT2D eigenvalue weighted by atomic mass is 19.1. The van der Waals surface area contributed by atoms with Crippen LogP contribution in [0.3, 0.4) is 0 Å². The summed E-state index contributed by atoms with van der Waals surface area (Å²) in [6.45, 7) is 4.72. The molecule has 1 amide bonds. The number of unbranched alkanes of at least 4 members (excludes halogenated alkanes) is 1. The van der Waals surface area contributed by atoms with E-state index in [0.717, 1.165) is 44.3 Å². The molecule has 4 rings (SSSR count). The standard InChI is InChI=1S/C27H33F3N2O2/c1-18-5-6-19(14-23(18)28)16-32-13-9-20(27(32)34)4-2-3-11-31-12-10-22(25(30)17-31)21-7-8-26(33)24(29)15-21/h5-8,14-15,20,22,25,33H,2-4,9-13,16-17H2,1H3/t20?,22-,25+/m1/s1. The van der Waals surface area contributed by atoms with Gasteiger partial charge in [0.1, 0.15) is 12.0 Å². The Hall–Kier alpha value is -2.54. The minimum absolute atomic E-state index is 0.0133. The number of likely N-dealkylation sites (tertiary alicyclic amines) is 2. The Balaban J connectivity index is 1.17. The summed E-state index contributed by atoms with van der Waals surface area (Å²) in [6, 6.07) is 9.25. The predicted octanol–water partition coefficient (Wildman–Crippen LogP) is 5.33. The van der Waals surface area contributed by atoms with Crippen LogP contribution in [-0.4, -0.2) is 53.2 Å². The average Bonchev–Trinajstić information content (AvgIpc) is 3.15. The molecule has 2 aromatic rings. The minimum atomic E-state index is -1.07. The van der Waals surface area contributed by atoms with Crippen LogP contribution in [0.4, 0.5) is 13.2 Å². The Bertz CT molecular complexity index is 1020. The highest BCUT2D eigenvalue weighted by molar-refractivity contribution is 5.80. The lowest BCUT2D eigenvalue weighted by Crippen LogP contribution is -2.41. The zero-order chi connectivity index (χ0) is 24.2. The summed E-state index contributed by atoms with van der Waals surface area (Å²) < 4.78 is 42.2. The number of piperidine rings is 1. The van der Waals surface area contributed by atoms with Crippen molar-refractivity contribution in [3.05, 3.63) is 64.7 Å². The number of amides is 1. The Morgan fingerprint density at radius 2 is 1.85 bits per heavy atom. The largest absolute Gasteiger partial charge is 0.505 e. The Kier molecular flexibility index (Phi) is 7.81. The normalized spacial score (nSPS) is 23.6. The van der Waals surface area contributed by atoms with Gasteiger partial charge in [-0.3, -0.25) is 4.79 Å². The Labute approximate surface area is 199 Å². The van der Waals surface area contributed by atoms with Gasteiger partial charge in [0.2, 0.25) is 5.91 Å². The van der Waals surface area contributed by atoms with Crippen LogP contribution >= 0.6 is 0 Å². The predicted molar refractivity (Wildman–Crippen MR) is 125 cm³/mol. The van der Waals surface area contributed by atoms with Crippen molar-refractivity contribution >= 4 is 5.91 Å². The molecule has 4 nitrogen and oxygen atoms in total. The highest BCUT2D eigenvalue weighted by Gasteiger charge is 2.32. The van der Waals surface area contributed by atoms with E-state index in [1.165, 1.54) is 18.2 Å². The first-order valence-electron chi connectivity index (χ1n) is 12.2. The van der Waals surface area contributed by atoms with Gasteiger partial charge in [0.15, 0.2) is 11.6 Å². The van der Waals surface area contributed by atoms with Gasteiger partial charge in [-0.2, -0.15) is 0 Å². The van der Waals surface area contributed by atoms with Crippen molar-refractivity contribution in [3.8, 4) is 5.75 Å². The van der Waals surface area contributed by atoms with E-state index >= 15 is 0 Å². The lowest BCUT2D eigenvalue weighted by atomic mass is 9.87. The second kappa shape index (κ2) is 10.8. The summed E-state index contributed by atoms with van der Waals surface area (Å²) in [4.78, 5) is 16.7. The van der Waals surface area contributed by atoms with Crippen LogP contribution in [0.15, 0.2) is 36.4 Å². The van der Waals surface area contributed by atoms with Gasteiger partial charge in [0.05, 0.1) is 0 Å². The number of carbonyl (C=O) groups excluding carboxylic acids is 1. The first-order valence-corrected chi connectivity index (χ1v) is 12.2. The zero-order valence-electron chi connectivity index (χ0n) is 19.7. The third-order valence-electron chi connectivity index (χ3n) is 7.32. The first-order chi connectivity index (χ1) is 16.3. The van der Waals surface area contributed by atoms with E-state index in [0.29, 0.717) is 37.2 Å². The second-order valence-electron chi connectivity index (χ2n) is 9.75. The number of hydrogen-bond donors (Lipinski definition) is 1. The fraction of sp³-hybridized carbons (Fsp3) is 0.519. The van der Waals surface area contributed by atoms with E-state index in [-0.39, 0.29) is 23.6 Å². The van der Waals surface area contributed by atoms with Crippen molar-refractivity contribution in [1.82, 2.24) is 9.80 Å². The fourth-order valence-corrected chi connectivity index (χ4v) is 5.21. The monoisotopic (exact) mass is 474 g/mol. The van der Waals surface area contributed by atoms with Crippen LogP contribution in [0, 0.1) is 24.5 Å². The maximum atomic E-state index is 14.8. The van der Waals surface area contributed by atoms with Crippen molar-refractivity contribution < 1.29 is 23.1 Å². The summed E-state index contributed by atoms with van der Waals surface area (Å²) in [6.07, 6.45) is 2.99. The number of phenolic OH excluding ortho intramolecular Hbond substituents is 1. The number of hydrogen-bond acceptors (Lipinski definition) is 3. The number of rotatable bonds is 8. The van der Waals surface area contributed by atoms with Gasteiger partial charge >= 0.3 is 0 Å². The van der Waals surface area contributed by atoms with Crippen LogP contribution in [0.1, 0.15) is 54.7 Å². The molecule has 0 aromatic heterocycles. The number of alkyl halides is 1. The molecular formula is C27H33F3N2O2. The van der Waals surface area contributed by atoms with Gasteiger partial charge in [-0.05, 0) is 80.6 Å². The molecule has 2 aromatic carbocycles. The summed E-state index contributed by atoms with van der Waals surface area (Å²) in [5.41, 5.74) is 2.02. The molecule has 0 aliphatic carbocycles. The SMILES string of the molecule is Cc1ccc(CN2CCC(CCCCN3CC[C@H](c4ccc(O)c(F)c4)[C@@H](F)C3)C2=O)cc1F. The van der Waals surface area contributed by atoms with Gasteiger partial charge in [0.25, 0.3) is 0 Å². The molecule has 184 valence electrons. The van der Waals surface area contributed by atoms with E-state index in [4.69, 9.17) is 0 Å². The molecule has 34 heavy (non-hydrogen) atoms. The molecule has 7 heteroatoms. The summed E-state index contributed by atoms with van der Waals surface area (Å²) >= 11 is 0. The number of aryl methyl sites for hydroxylation is 1. The van der Waals surface area contributed by atoms with E-state index in [1.54, 1.807) is 19.1 Å². The van der Waals surface area contributed by atoms with Crippen molar-refractivity contribution in [2.75, 3.05) is 26.2 Å². The number of halogens is 3. The van der Waals surface area contributed by atoms with E-state index in [1.807, 2.05) is 11.0 Å². The van der Waals surface area contributed by atoms with Crippen molar-refractivity contribution in [2.24, 2.45) is 5.92 Å².